The summed E-state index contributed by atoms with van der Waals surface area (Å²) in [5.74, 6) is -0.927. The summed E-state index contributed by atoms with van der Waals surface area (Å²) in [4.78, 5) is 22.1. The van der Waals surface area contributed by atoms with E-state index in [9.17, 15) is 9.59 Å². The SMILES string of the molecule is NC(Cc1ccccc1)C(=O)O.O=C(C=Cc1ccccc1)c1ccccc1. The van der Waals surface area contributed by atoms with Crippen molar-refractivity contribution < 1.29 is 14.7 Å². The van der Waals surface area contributed by atoms with Crippen molar-refractivity contribution in [2.75, 3.05) is 0 Å². The van der Waals surface area contributed by atoms with E-state index in [0.29, 0.717) is 6.42 Å². The van der Waals surface area contributed by atoms with Crippen molar-refractivity contribution in [3.05, 3.63) is 114 Å². The smallest absolute Gasteiger partial charge is 0.320 e. The third kappa shape index (κ3) is 7.40. The first-order chi connectivity index (χ1) is 13.6. The van der Waals surface area contributed by atoms with E-state index in [4.69, 9.17) is 10.8 Å². The lowest BCUT2D eigenvalue weighted by atomic mass is 10.1. The monoisotopic (exact) mass is 373 g/mol. The van der Waals surface area contributed by atoms with Crippen LogP contribution in [0.25, 0.3) is 6.08 Å². The van der Waals surface area contributed by atoms with Gasteiger partial charge in [-0.2, -0.15) is 0 Å². The van der Waals surface area contributed by atoms with Gasteiger partial charge in [-0.25, -0.2) is 0 Å². The number of benzene rings is 3. The number of aliphatic carboxylic acids is 1. The van der Waals surface area contributed by atoms with Crippen LogP contribution in [0.5, 0.6) is 0 Å². The lowest BCUT2D eigenvalue weighted by Crippen LogP contribution is -2.32. The van der Waals surface area contributed by atoms with Crippen LogP contribution in [-0.4, -0.2) is 22.9 Å². The summed E-state index contributed by atoms with van der Waals surface area (Å²) >= 11 is 0. The summed E-state index contributed by atoms with van der Waals surface area (Å²) in [6.45, 7) is 0. The zero-order valence-electron chi connectivity index (χ0n) is 15.4. The van der Waals surface area contributed by atoms with E-state index in [0.717, 1.165) is 16.7 Å². The highest BCUT2D eigenvalue weighted by Crippen LogP contribution is 2.05. The molecule has 0 amide bonds. The van der Waals surface area contributed by atoms with Crippen molar-refractivity contribution in [2.45, 2.75) is 12.5 Å². The van der Waals surface area contributed by atoms with Crippen molar-refractivity contribution in [1.82, 2.24) is 0 Å². The van der Waals surface area contributed by atoms with Crippen molar-refractivity contribution in [1.29, 1.82) is 0 Å². The third-order valence-electron chi connectivity index (χ3n) is 3.90. The van der Waals surface area contributed by atoms with Crippen molar-refractivity contribution in [2.24, 2.45) is 5.73 Å². The average molecular weight is 373 g/mol. The third-order valence-corrected chi connectivity index (χ3v) is 3.90. The largest absolute Gasteiger partial charge is 0.480 e. The lowest BCUT2D eigenvalue weighted by Gasteiger charge is -2.04. The first-order valence-corrected chi connectivity index (χ1v) is 8.91. The Morgan fingerprint density at radius 3 is 1.86 bits per heavy atom. The Balaban J connectivity index is 0.000000209. The van der Waals surface area contributed by atoms with Gasteiger partial charge < -0.3 is 10.8 Å². The molecule has 0 saturated heterocycles. The molecule has 0 bridgehead atoms. The van der Waals surface area contributed by atoms with Crippen LogP contribution in [0, 0.1) is 0 Å². The van der Waals surface area contributed by atoms with Gasteiger partial charge in [0.05, 0.1) is 0 Å². The fraction of sp³-hybridized carbons (Fsp3) is 0.0833. The Morgan fingerprint density at radius 1 is 0.821 bits per heavy atom. The van der Waals surface area contributed by atoms with Crippen LogP contribution in [0.15, 0.2) is 97.1 Å². The van der Waals surface area contributed by atoms with Crippen molar-refractivity contribution >= 4 is 17.8 Å². The summed E-state index contributed by atoms with van der Waals surface area (Å²) in [6.07, 6.45) is 3.82. The van der Waals surface area contributed by atoms with E-state index >= 15 is 0 Å². The predicted molar refractivity (Wildman–Crippen MR) is 112 cm³/mol. The molecule has 0 aromatic heterocycles. The fourth-order valence-electron chi connectivity index (χ4n) is 2.39. The summed E-state index contributed by atoms with van der Waals surface area (Å²) in [7, 11) is 0. The standard InChI is InChI=1S/C15H12O.C9H11NO2/c16-15(14-9-5-2-6-10-14)12-11-13-7-3-1-4-8-13;10-8(9(11)12)6-7-4-2-1-3-5-7/h1-12H;1-5,8H,6,10H2,(H,11,12). The minimum Gasteiger partial charge on any atom is -0.480 e. The van der Waals surface area contributed by atoms with Crippen LogP contribution in [-0.2, 0) is 11.2 Å². The summed E-state index contributed by atoms with van der Waals surface area (Å²) in [5, 5.41) is 8.52. The fourth-order valence-corrected chi connectivity index (χ4v) is 2.39. The number of carboxylic acids is 1. The molecule has 0 aliphatic heterocycles. The molecule has 0 heterocycles. The molecule has 0 saturated carbocycles. The van der Waals surface area contributed by atoms with Gasteiger partial charge in [-0.05, 0) is 23.6 Å². The minimum absolute atomic E-state index is 0.0319. The molecule has 3 aromatic carbocycles. The van der Waals surface area contributed by atoms with Crippen LogP contribution in [0.1, 0.15) is 21.5 Å². The van der Waals surface area contributed by atoms with Gasteiger partial charge in [0.1, 0.15) is 6.04 Å². The number of allylic oxidation sites excluding steroid dienone is 1. The Bertz CT molecular complexity index is 891. The normalized spacial score (nSPS) is 11.3. The number of carbonyl (C=O) groups excluding carboxylic acids is 1. The van der Waals surface area contributed by atoms with E-state index in [1.54, 1.807) is 6.08 Å². The van der Waals surface area contributed by atoms with Gasteiger partial charge in [0.2, 0.25) is 0 Å². The lowest BCUT2D eigenvalue weighted by molar-refractivity contribution is -0.138. The van der Waals surface area contributed by atoms with E-state index in [2.05, 4.69) is 0 Å². The van der Waals surface area contributed by atoms with Crippen LogP contribution < -0.4 is 5.73 Å². The maximum atomic E-state index is 11.7. The molecule has 142 valence electrons. The second-order valence-corrected chi connectivity index (χ2v) is 6.11. The van der Waals surface area contributed by atoms with Gasteiger partial charge in [0.25, 0.3) is 0 Å². The molecule has 4 nitrogen and oxygen atoms in total. The summed E-state index contributed by atoms with van der Waals surface area (Å²) in [5.41, 5.74) is 8.05. The topological polar surface area (TPSA) is 80.4 Å². The molecular formula is C24H23NO3. The van der Waals surface area contributed by atoms with Crippen molar-refractivity contribution in [3.8, 4) is 0 Å². The van der Waals surface area contributed by atoms with E-state index in [-0.39, 0.29) is 5.78 Å². The number of ketones is 1. The molecule has 3 rings (SSSR count). The molecule has 0 spiro atoms. The van der Waals surface area contributed by atoms with Crippen LogP contribution in [0.3, 0.4) is 0 Å². The summed E-state index contributed by atoms with van der Waals surface area (Å²) < 4.78 is 0. The number of rotatable bonds is 6. The van der Waals surface area contributed by atoms with Gasteiger partial charge in [-0.15, -0.1) is 0 Å². The average Bonchev–Trinajstić information content (AvgIpc) is 2.74. The minimum atomic E-state index is -0.959. The molecule has 3 N–H and O–H groups in total. The van der Waals surface area contributed by atoms with Crippen LogP contribution >= 0.6 is 0 Å². The van der Waals surface area contributed by atoms with Crippen LogP contribution in [0.2, 0.25) is 0 Å². The number of nitrogens with two attached hydrogens (primary N) is 1. The Hall–Kier alpha value is -3.50. The molecule has 1 atom stereocenters. The van der Waals surface area contributed by atoms with Crippen molar-refractivity contribution in [3.63, 3.8) is 0 Å². The zero-order chi connectivity index (χ0) is 20.2. The Morgan fingerprint density at radius 2 is 1.32 bits per heavy atom. The first kappa shape index (κ1) is 20.8. The number of hydrogen-bond acceptors (Lipinski definition) is 3. The van der Waals surface area contributed by atoms with E-state index in [1.165, 1.54) is 0 Å². The molecule has 3 aromatic rings. The molecule has 0 aliphatic carbocycles. The van der Waals surface area contributed by atoms with Gasteiger partial charge in [-0.3, -0.25) is 9.59 Å². The highest BCUT2D eigenvalue weighted by molar-refractivity contribution is 6.06. The van der Waals surface area contributed by atoms with Gasteiger partial charge >= 0.3 is 5.97 Å². The molecule has 1 unspecified atom stereocenters. The quantitative estimate of drug-likeness (QED) is 0.501. The molecule has 0 fully saturated rings. The maximum Gasteiger partial charge on any atom is 0.320 e. The van der Waals surface area contributed by atoms with Crippen LogP contribution in [0.4, 0.5) is 0 Å². The van der Waals surface area contributed by atoms with Gasteiger partial charge in [0.15, 0.2) is 5.78 Å². The number of carboxylic acid groups (broad SMARTS) is 1. The summed E-state index contributed by atoms with van der Waals surface area (Å²) in [6, 6.07) is 27.6. The highest BCUT2D eigenvalue weighted by atomic mass is 16.4. The zero-order valence-corrected chi connectivity index (χ0v) is 15.4. The Labute approximate surface area is 165 Å². The van der Waals surface area contributed by atoms with E-state index < -0.39 is 12.0 Å². The molecule has 0 radical (unpaired) electrons. The molecular weight excluding hydrogens is 350 g/mol. The molecule has 28 heavy (non-hydrogen) atoms. The number of carbonyl (C=O) groups is 2. The highest BCUT2D eigenvalue weighted by Gasteiger charge is 2.10. The van der Waals surface area contributed by atoms with Gasteiger partial charge in [-0.1, -0.05) is 97.1 Å². The first-order valence-electron chi connectivity index (χ1n) is 8.91. The van der Waals surface area contributed by atoms with E-state index in [1.807, 2.05) is 97.1 Å². The second-order valence-electron chi connectivity index (χ2n) is 6.11. The molecule has 0 aliphatic rings. The number of hydrogen-bond donors (Lipinski definition) is 2. The maximum absolute atomic E-state index is 11.7. The second kappa shape index (κ2) is 11.3. The predicted octanol–water partition coefficient (Wildman–Crippen LogP) is 4.22. The van der Waals surface area contributed by atoms with Gasteiger partial charge in [0, 0.05) is 5.56 Å². The Kier molecular flexibility index (Phi) is 8.37. The molecule has 4 heteroatoms.